The van der Waals surface area contributed by atoms with Crippen LogP contribution in [0.1, 0.15) is 26.2 Å². The van der Waals surface area contributed by atoms with Crippen LogP contribution in [0.2, 0.25) is 0 Å². The lowest BCUT2D eigenvalue weighted by molar-refractivity contribution is -0.150. The maximum atomic E-state index is 10.6. The Morgan fingerprint density at radius 2 is 1.85 bits per heavy atom. The lowest BCUT2D eigenvalue weighted by Gasteiger charge is -2.15. The second-order valence-electron chi connectivity index (χ2n) is 2.95. The van der Waals surface area contributed by atoms with E-state index in [1.165, 1.54) is 0 Å². The smallest absolute Gasteiger partial charge is 0.321 e. The van der Waals surface area contributed by atoms with E-state index >= 15 is 0 Å². The largest absolute Gasteiger partial charge is 0.481 e. The molecule has 2 atom stereocenters. The van der Waals surface area contributed by atoms with Crippen LogP contribution >= 0.6 is 0 Å². The number of carboxylic acids is 2. The molecule has 0 spiro atoms. The van der Waals surface area contributed by atoms with Gasteiger partial charge in [0.1, 0.15) is 6.04 Å². The monoisotopic (exact) mass is 189 g/mol. The Hall–Kier alpha value is -1.10. The fourth-order valence-corrected chi connectivity index (χ4v) is 1.05. The van der Waals surface area contributed by atoms with Crippen LogP contribution in [-0.4, -0.2) is 28.2 Å². The Kier molecular flexibility index (Phi) is 5.06. The third kappa shape index (κ3) is 3.89. The molecule has 0 saturated carbocycles. The van der Waals surface area contributed by atoms with E-state index in [2.05, 4.69) is 0 Å². The molecule has 0 aliphatic rings. The Labute approximate surface area is 76.5 Å². The summed E-state index contributed by atoms with van der Waals surface area (Å²) >= 11 is 0. The lowest BCUT2D eigenvalue weighted by Crippen LogP contribution is -2.41. The Morgan fingerprint density at radius 1 is 1.31 bits per heavy atom. The Morgan fingerprint density at radius 3 is 2.15 bits per heavy atom. The zero-order valence-electron chi connectivity index (χ0n) is 7.56. The molecule has 0 amide bonds. The summed E-state index contributed by atoms with van der Waals surface area (Å²) in [4.78, 5) is 21.0. The second-order valence-corrected chi connectivity index (χ2v) is 2.95. The van der Waals surface area contributed by atoms with Gasteiger partial charge < -0.3 is 15.9 Å². The van der Waals surface area contributed by atoms with Crippen molar-refractivity contribution >= 4 is 11.9 Å². The number of aliphatic carboxylic acids is 2. The summed E-state index contributed by atoms with van der Waals surface area (Å²) in [7, 11) is 0. The molecular weight excluding hydrogens is 174 g/mol. The van der Waals surface area contributed by atoms with Crippen LogP contribution in [0.5, 0.6) is 0 Å². The standard InChI is InChI=1S/C8H15NO4/c1-2-3-4-5(7(10)11)6(9)8(12)13/h5-6H,2-4,9H2,1H3,(H,10,11)(H,12,13). The number of rotatable bonds is 6. The second kappa shape index (κ2) is 5.53. The topological polar surface area (TPSA) is 101 Å². The molecule has 0 aromatic heterocycles. The third-order valence-corrected chi connectivity index (χ3v) is 1.90. The number of nitrogens with two attached hydrogens (primary N) is 1. The predicted octanol–water partition coefficient (Wildman–Crippen LogP) is 0.289. The SMILES string of the molecule is CCCCC(C(=O)O)C(N)C(=O)O. The fourth-order valence-electron chi connectivity index (χ4n) is 1.05. The highest BCUT2D eigenvalue weighted by molar-refractivity contribution is 5.82. The first-order valence-corrected chi connectivity index (χ1v) is 4.21. The zero-order chi connectivity index (χ0) is 10.4. The molecule has 5 nitrogen and oxygen atoms in total. The van der Waals surface area contributed by atoms with Gasteiger partial charge in [0.2, 0.25) is 0 Å². The number of hydrogen-bond acceptors (Lipinski definition) is 3. The summed E-state index contributed by atoms with van der Waals surface area (Å²) in [6.07, 6.45) is 1.83. The maximum absolute atomic E-state index is 10.6. The molecule has 13 heavy (non-hydrogen) atoms. The molecule has 0 aliphatic carbocycles. The van der Waals surface area contributed by atoms with Gasteiger partial charge in [-0.25, -0.2) is 0 Å². The highest BCUT2D eigenvalue weighted by Gasteiger charge is 2.29. The minimum absolute atomic E-state index is 0.319. The number of carbonyl (C=O) groups is 2. The van der Waals surface area contributed by atoms with Crippen LogP contribution in [0.4, 0.5) is 0 Å². The average Bonchev–Trinajstić information content (AvgIpc) is 2.04. The third-order valence-electron chi connectivity index (χ3n) is 1.90. The van der Waals surface area contributed by atoms with Gasteiger partial charge in [-0.3, -0.25) is 9.59 Å². The lowest BCUT2D eigenvalue weighted by atomic mass is 9.95. The molecule has 0 aromatic carbocycles. The summed E-state index contributed by atoms with van der Waals surface area (Å²) < 4.78 is 0. The molecule has 0 radical (unpaired) electrons. The number of unbranched alkanes of at least 4 members (excludes halogenated alkanes) is 1. The van der Waals surface area contributed by atoms with E-state index in [4.69, 9.17) is 15.9 Å². The van der Waals surface area contributed by atoms with Gasteiger partial charge in [0, 0.05) is 0 Å². The molecule has 0 heterocycles. The maximum Gasteiger partial charge on any atom is 0.321 e. The average molecular weight is 189 g/mol. The predicted molar refractivity (Wildman–Crippen MR) is 46.3 cm³/mol. The highest BCUT2D eigenvalue weighted by Crippen LogP contribution is 2.12. The van der Waals surface area contributed by atoms with Crippen LogP contribution in [0.3, 0.4) is 0 Å². The Bertz CT molecular complexity index is 193. The van der Waals surface area contributed by atoms with Crippen molar-refractivity contribution in [3.63, 3.8) is 0 Å². The molecule has 4 N–H and O–H groups in total. The van der Waals surface area contributed by atoms with Crippen molar-refractivity contribution in [1.82, 2.24) is 0 Å². The van der Waals surface area contributed by atoms with Crippen LogP contribution in [-0.2, 0) is 9.59 Å². The molecular formula is C8H15NO4. The molecule has 0 saturated heterocycles. The van der Waals surface area contributed by atoms with E-state index < -0.39 is 23.9 Å². The molecule has 5 heteroatoms. The molecule has 2 unspecified atom stereocenters. The van der Waals surface area contributed by atoms with Crippen molar-refractivity contribution < 1.29 is 19.8 Å². The van der Waals surface area contributed by atoms with E-state index in [9.17, 15) is 9.59 Å². The normalized spacial score (nSPS) is 14.9. The van der Waals surface area contributed by atoms with Gasteiger partial charge in [-0.1, -0.05) is 19.8 Å². The highest BCUT2D eigenvalue weighted by atomic mass is 16.4. The molecule has 0 bridgehead atoms. The summed E-state index contributed by atoms with van der Waals surface area (Å²) in [6, 6.07) is -1.30. The van der Waals surface area contributed by atoms with Gasteiger partial charge in [-0.05, 0) is 6.42 Å². The summed E-state index contributed by atoms with van der Waals surface area (Å²) in [5.41, 5.74) is 5.22. The van der Waals surface area contributed by atoms with Crippen molar-refractivity contribution in [3.05, 3.63) is 0 Å². The van der Waals surface area contributed by atoms with Crippen LogP contribution in [0, 0.1) is 5.92 Å². The van der Waals surface area contributed by atoms with Gasteiger partial charge in [0.15, 0.2) is 0 Å². The van der Waals surface area contributed by atoms with Crippen molar-refractivity contribution in [2.75, 3.05) is 0 Å². The van der Waals surface area contributed by atoms with Crippen molar-refractivity contribution in [3.8, 4) is 0 Å². The number of hydrogen-bond donors (Lipinski definition) is 3. The van der Waals surface area contributed by atoms with Gasteiger partial charge >= 0.3 is 11.9 Å². The molecule has 0 rings (SSSR count). The van der Waals surface area contributed by atoms with Crippen molar-refractivity contribution in [2.45, 2.75) is 32.2 Å². The minimum atomic E-state index is -1.30. The zero-order valence-corrected chi connectivity index (χ0v) is 7.56. The van der Waals surface area contributed by atoms with E-state index in [-0.39, 0.29) is 0 Å². The molecule has 0 aromatic rings. The van der Waals surface area contributed by atoms with Crippen LogP contribution < -0.4 is 5.73 Å². The fraction of sp³-hybridized carbons (Fsp3) is 0.750. The summed E-state index contributed by atoms with van der Waals surface area (Å²) in [5, 5.41) is 17.2. The van der Waals surface area contributed by atoms with Gasteiger partial charge in [-0.15, -0.1) is 0 Å². The quantitative estimate of drug-likeness (QED) is 0.557. The van der Waals surface area contributed by atoms with E-state index in [1.807, 2.05) is 6.92 Å². The first kappa shape index (κ1) is 11.9. The van der Waals surface area contributed by atoms with Crippen LogP contribution in [0.15, 0.2) is 0 Å². The van der Waals surface area contributed by atoms with Gasteiger partial charge in [0.05, 0.1) is 5.92 Å². The van der Waals surface area contributed by atoms with Gasteiger partial charge in [0.25, 0.3) is 0 Å². The van der Waals surface area contributed by atoms with E-state index in [0.29, 0.717) is 12.8 Å². The summed E-state index contributed by atoms with van der Waals surface area (Å²) in [5.74, 6) is -3.37. The summed E-state index contributed by atoms with van der Waals surface area (Å²) in [6.45, 7) is 1.91. The van der Waals surface area contributed by atoms with Crippen molar-refractivity contribution in [2.24, 2.45) is 11.7 Å². The minimum Gasteiger partial charge on any atom is -0.481 e. The van der Waals surface area contributed by atoms with E-state index in [1.54, 1.807) is 0 Å². The molecule has 0 aliphatic heterocycles. The first-order valence-electron chi connectivity index (χ1n) is 4.21. The van der Waals surface area contributed by atoms with E-state index in [0.717, 1.165) is 6.42 Å². The molecule has 0 fully saturated rings. The molecule has 76 valence electrons. The number of carboxylic acid groups (broad SMARTS) is 2. The van der Waals surface area contributed by atoms with Gasteiger partial charge in [-0.2, -0.15) is 0 Å². The Balaban J connectivity index is 4.24. The first-order chi connectivity index (χ1) is 6.00. The van der Waals surface area contributed by atoms with Crippen LogP contribution in [0.25, 0.3) is 0 Å². The van der Waals surface area contributed by atoms with Crippen molar-refractivity contribution in [1.29, 1.82) is 0 Å².